The SMILES string of the molecule is COC(=O)C(C)Cc1ccc(NC(=O)CC2CCN(C(=O)OC(C)(C)C)CC2)cc1. The van der Waals surface area contributed by atoms with Crippen LogP contribution >= 0.6 is 0 Å². The van der Waals surface area contributed by atoms with E-state index in [1.165, 1.54) is 7.11 Å². The summed E-state index contributed by atoms with van der Waals surface area (Å²) in [5.41, 5.74) is 1.25. The van der Waals surface area contributed by atoms with Crippen LogP contribution in [0.4, 0.5) is 10.5 Å². The minimum Gasteiger partial charge on any atom is -0.469 e. The Labute approximate surface area is 179 Å². The van der Waals surface area contributed by atoms with E-state index in [1.807, 2.05) is 52.0 Å². The summed E-state index contributed by atoms with van der Waals surface area (Å²) in [6, 6.07) is 7.52. The van der Waals surface area contributed by atoms with Crippen LogP contribution in [0.15, 0.2) is 24.3 Å². The van der Waals surface area contributed by atoms with Gasteiger partial charge in [0.1, 0.15) is 5.60 Å². The molecule has 0 saturated carbocycles. The van der Waals surface area contributed by atoms with E-state index in [1.54, 1.807) is 4.90 Å². The molecule has 1 N–H and O–H groups in total. The average Bonchev–Trinajstić information content (AvgIpc) is 2.68. The first-order chi connectivity index (χ1) is 14.1. The quantitative estimate of drug-likeness (QED) is 0.706. The molecule has 2 rings (SSSR count). The van der Waals surface area contributed by atoms with Crippen LogP contribution in [0, 0.1) is 11.8 Å². The summed E-state index contributed by atoms with van der Waals surface area (Å²) in [6.45, 7) is 8.62. The van der Waals surface area contributed by atoms with E-state index < -0.39 is 5.60 Å². The van der Waals surface area contributed by atoms with Crippen LogP contribution in [0.3, 0.4) is 0 Å². The largest absolute Gasteiger partial charge is 0.469 e. The Bertz CT molecular complexity index is 731. The normalized spacial score (nSPS) is 16.0. The summed E-state index contributed by atoms with van der Waals surface area (Å²) in [6.07, 6.45) is 2.32. The fourth-order valence-corrected chi connectivity index (χ4v) is 3.48. The number of carbonyl (C=O) groups excluding carboxylic acids is 3. The molecule has 0 spiro atoms. The lowest BCUT2D eigenvalue weighted by Gasteiger charge is -2.33. The highest BCUT2D eigenvalue weighted by molar-refractivity contribution is 5.90. The van der Waals surface area contributed by atoms with Crippen molar-refractivity contribution in [3.8, 4) is 0 Å². The van der Waals surface area contributed by atoms with Crippen LogP contribution in [-0.4, -0.2) is 48.7 Å². The molecule has 30 heavy (non-hydrogen) atoms. The van der Waals surface area contributed by atoms with E-state index >= 15 is 0 Å². The molecule has 7 nitrogen and oxygen atoms in total. The third-order valence-electron chi connectivity index (χ3n) is 5.12. The molecule has 7 heteroatoms. The second-order valence-electron chi connectivity index (χ2n) is 8.99. The number of nitrogens with one attached hydrogen (secondary N) is 1. The molecule has 1 fully saturated rings. The lowest BCUT2D eigenvalue weighted by atomic mass is 9.93. The van der Waals surface area contributed by atoms with E-state index in [0.29, 0.717) is 25.9 Å². The van der Waals surface area contributed by atoms with Crippen LogP contribution in [0.2, 0.25) is 0 Å². The molecular weight excluding hydrogens is 384 g/mol. The third-order valence-corrected chi connectivity index (χ3v) is 5.12. The minimum atomic E-state index is -0.499. The fourth-order valence-electron chi connectivity index (χ4n) is 3.48. The van der Waals surface area contributed by atoms with Gasteiger partial charge in [0, 0.05) is 25.2 Å². The second kappa shape index (κ2) is 10.5. The number of benzene rings is 1. The number of ether oxygens (including phenoxy) is 2. The Balaban J connectivity index is 1.76. The number of hydrogen-bond donors (Lipinski definition) is 1. The van der Waals surface area contributed by atoms with Gasteiger partial charge < -0.3 is 19.7 Å². The number of piperidine rings is 1. The van der Waals surface area contributed by atoms with Gasteiger partial charge in [0.15, 0.2) is 0 Å². The van der Waals surface area contributed by atoms with Crippen molar-refractivity contribution in [2.24, 2.45) is 11.8 Å². The van der Waals surface area contributed by atoms with E-state index in [4.69, 9.17) is 9.47 Å². The number of esters is 1. The highest BCUT2D eigenvalue weighted by Crippen LogP contribution is 2.23. The highest BCUT2D eigenvalue weighted by atomic mass is 16.6. The zero-order chi connectivity index (χ0) is 22.3. The molecule has 1 aliphatic heterocycles. The predicted octanol–water partition coefficient (Wildman–Crippen LogP) is 4.01. The van der Waals surface area contributed by atoms with Crippen LogP contribution in [0.1, 0.15) is 52.5 Å². The Morgan fingerprint density at radius 2 is 1.73 bits per heavy atom. The van der Waals surface area contributed by atoms with Gasteiger partial charge in [-0.2, -0.15) is 0 Å². The average molecular weight is 419 g/mol. The van der Waals surface area contributed by atoms with Crippen molar-refractivity contribution in [3.05, 3.63) is 29.8 Å². The molecule has 1 atom stereocenters. The van der Waals surface area contributed by atoms with Crippen molar-refractivity contribution >= 4 is 23.7 Å². The lowest BCUT2D eigenvalue weighted by molar-refractivity contribution is -0.144. The number of amides is 2. The van der Waals surface area contributed by atoms with Crippen molar-refractivity contribution in [1.29, 1.82) is 0 Å². The van der Waals surface area contributed by atoms with Gasteiger partial charge >= 0.3 is 12.1 Å². The number of nitrogens with zero attached hydrogens (tertiary/aromatic N) is 1. The molecular formula is C23H34N2O5. The molecule has 0 aliphatic carbocycles. The number of methoxy groups -OCH3 is 1. The number of carbonyl (C=O) groups is 3. The number of hydrogen-bond acceptors (Lipinski definition) is 5. The van der Waals surface area contributed by atoms with E-state index in [2.05, 4.69) is 5.32 Å². The van der Waals surface area contributed by atoms with Gasteiger partial charge in [0.05, 0.1) is 13.0 Å². The molecule has 1 heterocycles. The molecule has 1 aromatic carbocycles. The number of rotatable bonds is 6. The number of likely N-dealkylation sites (tertiary alicyclic amines) is 1. The zero-order valence-corrected chi connectivity index (χ0v) is 18.7. The molecule has 0 radical (unpaired) electrons. The second-order valence-corrected chi connectivity index (χ2v) is 8.99. The topological polar surface area (TPSA) is 84.9 Å². The van der Waals surface area contributed by atoms with Crippen LogP contribution in [-0.2, 0) is 25.5 Å². The van der Waals surface area contributed by atoms with Crippen molar-refractivity contribution in [2.45, 2.75) is 59.0 Å². The Morgan fingerprint density at radius 1 is 1.13 bits per heavy atom. The summed E-state index contributed by atoms with van der Waals surface area (Å²) in [4.78, 5) is 37.8. The zero-order valence-electron chi connectivity index (χ0n) is 18.7. The van der Waals surface area contributed by atoms with Crippen LogP contribution < -0.4 is 5.32 Å². The van der Waals surface area contributed by atoms with E-state index in [9.17, 15) is 14.4 Å². The monoisotopic (exact) mass is 418 g/mol. The molecule has 166 valence electrons. The summed E-state index contributed by atoms with van der Waals surface area (Å²) in [7, 11) is 1.39. The molecule has 1 unspecified atom stereocenters. The standard InChI is InChI=1S/C23H34N2O5/c1-16(21(27)29-5)14-17-6-8-19(9-7-17)24-20(26)15-18-10-12-25(13-11-18)22(28)30-23(2,3)4/h6-9,16,18H,10-15H2,1-5H3,(H,24,26). The smallest absolute Gasteiger partial charge is 0.410 e. The lowest BCUT2D eigenvalue weighted by Crippen LogP contribution is -2.42. The Morgan fingerprint density at radius 3 is 2.27 bits per heavy atom. The molecule has 1 aliphatic rings. The van der Waals surface area contributed by atoms with Gasteiger partial charge in [0.2, 0.25) is 5.91 Å². The Hall–Kier alpha value is -2.57. The van der Waals surface area contributed by atoms with Crippen molar-refractivity contribution in [3.63, 3.8) is 0 Å². The summed E-state index contributed by atoms with van der Waals surface area (Å²) in [5, 5.41) is 2.93. The van der Waals surface area contributed by atoms with Crippen molar-refractivity contribution in [1.82, 2.24) is 4.90 Å². The maximum atomic E-state index is 12.4. The predicted molar refractivity (Wildman–Crippen MR) is 115 cm³/mol. The van der Waals surface area contributed by atoms with Gasteiger partial charge in [0.25, 0.3) is 0 Å². The molecule has 1 aromatic rings. The van der Waals surface area contributed by atoms with E-state index in [-0.39, 0.29) is 29.8 Å². The summed E-state index contributed by atoms with van der Waals surface area (Å²) in [5.74, 6) is -0.211. The molecule has 0 bridgehead atoms. The third kappa shape index (κ3) is 7.69. The molecule has 1 saturated heterocycles. The summed E-state index contributed by atoms with van der Waals surface area (Å²) < 4.78 is 10.2. The minimum absolute atomic E-state index is 0.0265. The van der Waals surface area contributed by atoms with Gasteiger partial charge in [-0.05, 0) is 63.6 Å². The molecule has 2 amide bonds. The van der Waals surface area contributed by atoms with Crippen molar-refractivity contribution in [2.75, 3.05) is 25.5 Å². The van der Waals surface area contributed by atoms with Crippen LogP contribution in [0.25, 0.3) is 0 Å². The van der Waals surface area contributed by atoms with E-state index in [0.717, 1.165) is 24.1 Å². The van der Waals surface area contributed by atoms with Crippen LogP contribution in [0.5, 0.6) is 0 Å². The van der Waals surface area contributed by atoms with Gasteiger partial charge in [-0.25, -0.2) is 4.79 Å². The van der Waals surface area contributed by atoms with Gasteiger partial charge in [-0.3, -0.25) is 9.59 Å². The number of anilines is 1. The molecule has 0 aromatic heterocycles. The van der Waals surface area contributed by atoms with Gasteiger partial charge in [-0.15, -0.1) is 0 Å². The first-order valence-corrected chi connectivity index (χ1v) is 10.5. The fraction of sp³-hybridized carbons (Fsp3) is 0.609. The van der Waals surface area contributed by atoms with Gasteiger partial charge in [-0.1, -0.05) is 19.1 Å². The maximum absolute atomic E-state index is 12.4. The van der Waals surface area contributed by atoms with Crippen molar-refractivity contribution < 1.29 is 23.9 Å². The first kappa shape index (κ1) is 23.7. The summed E-state index contributed by atoms with van der Waals surface area (Å²) >= 11 is 0. The first-order valence-electron chi connectivity index (χ1n) is 10.5. The Kier molecular flexibility index (Phi) is 8.26. The highest BCUT2D eigenvalue weighted by Gasteiger charge is 2.27. The maximum Gasteiger partial charge on any atom is 0.410 e.